The maximum absolute atomic E-state index is 12.6. The van der Waals surface area contributed by atoms with Gasteiger partial charge in [-0.25, -0.2) is 9.89 Å². The molecule has 1 fully saturated rings. The summed E-state index contributed by atoms with van der Waals surface area (Å²) in [4.78, 5) is 44.0. The van der Waals surface area contributed by atoms with Gasteiger partial charge in [0.2, 0.25) is 5.95 Å². The summed E-state index contributed by atoms with van der Waals surface area (Å²) < 4.78 is 2.17. The number of anilines is 1. The molecule has 3 rings (SSSR count). The maximum Gasteiger partial charge on any atom is 0.331 e. The average molecular weight is 319 g/mol. The molecule has 0 unspecified atom stereocenters. The van der Waals surface area contributed by atoms with Crippen LogP contribution >= 0.6 is 0 Å². The SMILES string of the molecule is Cn1c(C(=O)N2CCN(c3ncn[nH]3)CC2)cc(=O)n(C)c1=O. The van der Waals surface area contributed by atoms with Crippen molar-refractivity contribution in [1.82, 2.24) is 29.2 Å². The predicted molar refractivity (Wildman–Crippen MR) is 81.4 cm³/mol. The monoisotopic (exact) mass is 319 g/mol. The van der Waals surface area contributed by atoms with Crippen molar-refractivity contribution in [2.45, 2.75) is 0 Å². The minimum Gasteiger partial charge on any atom is -0.338 e. The standard InChI is InChI=1S/C13H17N7O3/c1-17-9(7-10(21)18(2)13(17)23)11(22)19-3-5-20(6-4-19)12-14-8-15-16-12/h7-8H,3-6H2,1-2H3,(H,14,15,16). The molecule has 1 saturated heterocycles. The van der Waals surface area contributed by atoms with Gasteiger partial charge in [0, 0.05) is 46.3 Å². The third-order valence-electron chi connectivity index (χ3n) is 4.01. The Bertz CT molecular complexity index is 828. The maximum atomic E-state index is 12.6. The van der Waals surface area contributed by atoms with Crippen molar-refractivity contribution in [2.24, 2.45) is 14.1 Å². The highest BCUT2D eigenvalue weighted by Gasteiger charge is 2.25. The molecule has 23 heavy (non-hydrogen) atoms. The van der Waals surface area contributed by atoms with Crippen LogP contribution in [-0.4, -0.2) is 61.3 Å². The largest absolute Gasteiger partial charge is 0.338 e. The number of rotatable bonds is 2. The van der Waals surface area contributed by atoms with Gasteiger partial charge in [-0.1, -0.05) is 0 Å². The van der Waals surface area contributed by atoms with Gasteiger partial charge in [0.15, 0.2) is 0 Å². The van der Waals surface area contributed by atoms with E-state index in [1.54, 1.807) is 4.90 Å². The van der Waals surface area contributed by atoms with Crippen LogP contribution in [0.5, 0.6) is 0 Å². The van der Waals surface area contributed by atoms with E-state index in [2.05, 4.69) is 15.2 Å². The van der Waals surface area contributed by atoms with Crippen LogP contribution in [0.25, 0.3) is 0 Å². The molecule has 1 N–H and O–H groups in total. The van der Waals surface area contributed by atoms with Crippen molar-refractivity contribution in [1.29, 1.82) is 0 Å². The molecule has 10 nitrogen and oxygen atoms in total. The summed E-state index contributed by atoms with van der Waals surface area (Å²) in [7, 11) is 2.87. The first-order valence-electron chi connectivity index (χ1n) is 7.15. The summed E-state index contributed by atoms with van der Waals surface area (Å²) in [5.74, 6) is 0.345. The van der Waals surface area contributed by atoms with Crippen molar-refractivity contribution in [3.8, 4) is 0 Å². The number of aromatic amines is 1. The van der Waals surface area contributed by atoms with Crippen LogP contribution in [0.3, 0.4) is 0 Å². The van der Waals surface area contributed by atoms with Gasteiger partial charge in [0.25, 0.3) is 11.5 Å². The van der Waals surface area contributed by atoms with Crippen LogP contribution in [0, 0.1) is 0 Å². The lowest BCUT2D eigenvalue weighted by Crippen LogP contribution is -2.50. The van der Waals surface area contributed by atoms with Gasteiger partial charge in [0.05, 0.1) is 0 Å². The molecular weight excluding hydrogens is 302 g/mol. The summed E-state index contributed by atoms with van der Waals surface area (Å²) in [6, 6.07) is 1.20. The lowest BCUT2D eigenvalue weighted by molar-refractivity contribution is 0.0734. The highest BCUT2D eigenvalue weighted by molar-refractivity contribution is 5.92. The van der Waals surface area contributed by atoms with Gasteiger partial charge >= 0.3 is 5.69 Å². The third kappa shape index (κ3) is 2.62. The molecule has 0 aliphatic carbocycles. The molecule has 3 heterocycles. The number of carbonyl (C=O) groups excluding carboxylic acids is 1. The Morgan fingerprint density at radius 2 is 1.83 bits per heavy atom. The number of H-pyrrole nitrogens is 1. The Morgan fingerprint density at radius 3 is 2.43 bits per heavy atom. The number of carbonyl (C=O) groups is 1. The second-order valence-corrected chi connectivity index (χ2v) is 5.36. The average Bonchev–Trinajstić information content (AvgIpc) is 3.10. The van der Waals surface area contributed by atoms with Gasteiger partial charge < -0.3 is 9.80 Å². The Kier molecular flexibility index (Phi) is 3.72. The van der Waals surface area contributed by atoms with E-state index in [-0.39, 0.29) is 11.6 Å². The zero-order valence-electron chi connectivity index (χ0n) is 12.9. The summed E-state index contributed by atoms with van der Waals surface area (Å²) in [5, 5.41) is 6.59. The summed E-state index contributed by atoms with van der Waals surface area (Å²) in [6.07, 6.45) is 1.43. The Morgan fingerprint density at radius 1 is 1.13 bits per heavy atom. The van der Waals surface area contributed by atoms with Crippen LogP contribution in [0.1, 0.15) is 10.5 Å². The molecule has 0 aromatic carbocycles. The molecule has 122 valence electrons. The third-order valence-corrected chi connectivity index (χ3v) is 4.01. The molecule has 10 heteroatoms. The fraction of sp³-hybridized carbons (Fsp3) is 0.462. The smallest absolute Gasteiger partial charge is 0.331 e. The Hall–Kier alpha value is -2.91. The minimum absolute atomic E-state index is 0.103. The molecule has 0 saturated carbocycles. The molecule has 0 bridgehead atoms. The predicted octanol–water partition coefficient (Wildman–Crippen LogP) is -1.84. The van der Waals surface area contributed by atoms with Crippen LogP contribution in [0.4, 0.5) is 5.95 Å². The van der Waals surface area contributed by atoms with Crippen LogP contribution < -0.4 is 16.1 Å². The first-order valence-corrected chi connectivity index (χ1v) is 7.15. The van der Waals surface area contributed by atoms with Crippen LogP contribution in [0.15, 0.2) is 22.0 Å². The van der Waals surface area contributed by atoms with Gasteiger partial charge in [-0.2, -0.15) is 10.1 Å². The molecule has 1 aliphatic heterocycles. The molecule has 2 aromatic heterocycles. The molecule has 0 atom stereocenters. The van der Waals surface area contributed by atoms with E-state index >= 15 is 0 Å². The number of amides is 1. The van der Waals surface area contributed by atoms with E-state index in [1.807, 2.05) is 4.90 Å². The number of nitrogens with zero attached hydrogens (tertiary/aromatic N) is 6. The molecule has 1 aliphatic rings. The normalized spacial score (nSPS) is 15.0. The van der Waals surface area contributed by atoms with E-state index in [0.717, 1.165) is 4.57 Å². The number of nitrogens with one attached hydrogen (secondary N) is 1. The zero-order chi connectivity index (χ0) is 16.6. The summed E-state index contributed by atoms with van der Waals surface area (Å²) in [5.41, 5.74) is -0.899. The van der Waals surface area contributed by atoms with Crippen molar-refractivity contribution in [3.05, 3.63) is 38.9 Å². The van der Waals surface area contributed by atoms with Gasteiger partial charge in [-0.05, 0) is 0 Å². The molecular formula is C13H17N7O3. The number of aromatic nitrogens is 5. The fourth-order valence-corrected chi connectivity index (χ4v) is 2.57. The first kappa shape index (κ1) is 15.0. The highest BCUT2D eigenvalue weighted by Crippen LogP contribution is 2.11. The van der Waals surface area contributed by atoms with Crippen LogP contribution in [-0.2, 0) is 14.1 Å². The minimum atomic E-state index is -0.513. The van der Waals surface area contributed by atoms with Crippen molar-refractivity contribution in [2.75, 3.05) is 31.1 Å². The fourth-order valence-electron chi connectivity index (χ4n) is 2.57. The summed E-state index contributed by atoms with van der Waals surface area (Å²) >= 11 is 0. The number of piperazine rings is 1. The van der Waals surface area contributed by atoms with E-state index < -0.39 is 11.2 Å². The second kappa shape index (κ2) is 5.71. The topological polar surface area (TPSA) is 109 Å². The zero-order valence-corrected chi connectivity index (χ0v) is 12.9. The Labute approximate surface area is 131 Å². The number of hydrogen-bond donors (Lipinski definition) is 1. The molecule has 2 aromatic rings. The van der Waals surface area contributed by atoms with Gasteiger partial charge in [-0.3, -0.25) is 18.7 Å². The van der Waals surface area contributed by atoms with Gasteiger partial charge in [-0.15, -0.1) is 0 Å². The van der Waals surface area contributed by atoms with Crippen molar-refractivity contribution >= 4 is 11.9 Å². The van der Waals surface area contributed by atoms with Crippen molar-refractivity contribution in [3.63, 3.8) is 0 Å². The second-order valence-electron chi connectivity index (χ2n) is 5.36. The quantitative estimate of drug-likeness (QED) is 0.697. The van der Waals surface area contributed by atoms with E-state index in [1.165, 1.54) is 31.1 Å². The lowest BCUT2D eigenvalue weighted by atomic mass is 10.2. The highest BCUT2D eigenvalue weighted by atomic mass is 16.2. The van der Waals surface area contributed by atoms with Crippen molar-refractivity contribution < 1.29 is 4.79 Å². The Balaban J connectivity index is 1.78. The lowest BCUT2D eigenvalue weighted by Gasteiger charge is -2.34. The van der Waals surface area contributed by atoms with Crippen LogP contribution in [0.2, 0.25) is 0 Å². The van der Waals surface area contributed by atoms with E-state index in [4.69, 9.17) is 0 Å². The van der Waals surface area contributed by atoms with E-state index in [0.29, 0.717) is 32.1 Å². The van der Waals surface area contributed by atoms with Gasteiger partial charge in [0.1, 0.15) is 12.0 Å². The number of hydrogen-bond acceptors (Lipinski definition) is 6. The first-order chi connectivity index (χ1) is 11.0. The van der Waals surface area contributed by atoms with E-state index in [9.17, 15) is 14.4 Å². The molecule has 1 amide bonds. The summed E-state index contributed by atoms with van der Waals surface area (Å²) in [6.45, 7) is 2.14. The molecule has 0 radical (unpaired) electrons. The molecule has 0 spiro atoms.